The van der Waals surface area contributed by atoms with Crippen molar-refractivity contribution in [3.63, 3.8) is 0 Å². The largest absolute Gasteiger partial charge is 0.462 e. The summed E-state index contributed by atoms with van der Waals surface area (Å²) in [7, 11) is -3.47. The highest BCUT2D eigenvalue weighted by Gasteiger charge is 2.30. The van der Waals surface area contributed by atoms with Crippen molar-refractivity contribution in [3.8, 4) is 0 Å². The Labute approximate surface area is 184 Å². The molecule has 0 atom stereocenters. The quantitative estimate of drug-likeness (QED) is 0.624. The first-order valence-corrected chi connectivity index (χ1v) is 12.7. The van der Waals surface area contributed by atoms with E-state index in [0.29, 0.717) is 41.0 Å². The average molecular weight is 472 g/mol. The Balaban J connectivity index is 1.58. The van der Waals surface area contributed by atoms with Gasteiger partial charge in [0.1, 0.15) is 9.21 Å². The number of carbonyl (C=O) groups is 2. The fraction of sp³-hybridized carbons (Fsp3) is 0.474. The lowest BCUT2D eigenvalue weighted by Crippen LogP contribution is -2.50. The van der Waals surface area contributed by atoms with Crippen LogP contribution in [-0.2, 0) is 19.6 Å². The minimum atomic E-state index is -3.47. The van der Waals surface area contributed by atoms with Crippen molar-refractivity contribution in [2.75, 3.05) is 44.6 Å². The second-order valence-corrected chi connectivity index (χ2v) is 11.2. The molecule has 0 unspecified atom stereocenters. The molecule has 2 aromatic heterocycles. The zero-order chi connectivity index (χ0) is 21.9. The normalized spacial score (nSPS) is 15.8. The van der Waals surface area contributed by atoms with Gasteiger partial charge in [0.2, 0.25) is 5.91 Å². The molecule has 11 heteroatoms. The fourth-order valence-corrected chi connectivity index (χ4v) is 6.83. The molecule has 0 bridgehead atoms. The minimum Gasteiger partial charge on any atom is -0.462 e. The predicted molar refractivity (Wildman–Crippen MR) is 118 cm³/mol. The van der Waals surface area contributed by atoms with Gasteiger partial charge in [-0.25, -0.2) is 13.2 Å². The Morgan fingerprint density at radius 1 is 1.20 bits per heavy atom. The number of amides is 1. The highest BCUT2D eigenvalue weighted by atomic mass is 32.2. The molecule has 164 valence electrons. The summed E-state index contributed by atoms with van der Waals surface area (Å²) in [4.78, 5) is 27.7. The van der Waals surface area contributed by atoms with Gasteiger partial charge < -0.3 is 10.1 Å². The number of hydrogen-bond donors (Lipinski definition) is 1. The van der Waals surface area contributed by atoms with E-state index >= 15 is 0 Å². The molecular formula is C19H25N3O5S3. The molecule has 0 saturated carbocycles. The Hall–Kier alpha value is -1.79. The molecule has 1 N–H and O–H groups in total. The Bertz CT molecular complexity index is 1010. The molecule has 0 aromatic carbocycles. The van der Waals surface area contributed by atoms with Gasteiger partial charge in [0.15, 0.2) is 0 Å². The second kappa shape index (κ2) is 9.56. The number of hydrogen-bond acceptors (Lipinski definition) is 8. The molecule has 3 rings (SSSR count). The van der Waals surface area contributed by atoms with Crippen LogP contribution in [0.25, 0.3) is 0 Å². The van der Waals surface area contributed by atoms with Crippen LogP contribution in [0.3, 0.4) is 0 Å². The number of thiophene rings is 2. The number of carbonyl (C=O) groups excluding carboxylic acids is 2. The highest BCUT2D eigenvalue weighted by molar-refractivity contribution is 7.91. The lowest BCUT2D eigenvalue weighted by Gasteiger charge is -2.33. The van der Waals surface area contributed by atoms with E-state index in [0.717, 1.165) is 10.4 Å². The van der Waals surface area contributed by atoms with E-state index in [1.165, 1.54) is 27.0 Å². The molecule has 3 heterocycles. The van der Waals surface area contributed by atoms with Gasteiger partial charge in [-0.05, 0) is 37.8 Å². The summed E-state index contributed by atoms with van der Waals surface area (Å²) in [6, 6.07) is 3.32. The van der Waals surface area contributed by atoms with Gasteiger partial charge in [-0.2, -0.15) is 4.31 Å². The molecule has 8 nitrogen and oxygen atoms in total. The molecule has 1 saturated heterocycles. The van der Waals surface area contributed by atoms with Crippen molar-refractivity contribution in [2.24, 2.45) is 0 Å². The number of rotatable bonds is 7. The Morgan fingerprint density at radius 2 is 1.90 bits per heavy atom. The van der Waals surface area contributed by atoms with E-state index in [9.17, 15) is 18.0 Å². The number of nitrogens with one attached hydrogen (secondary N) is 1. The van der Waals surface area contributed by atoms with Gasteiger partial charge in [-0.3, -0.25) is 9.69 Å². The van der Waals surface area contributed by atoms with Crippen molar-refractivity contribution >= 4 is 49.6 Å². The minimum absolute atomic E-state index is 0.130. The van der Waals surface area contributed by atoms with Crippen LogP contribution in [0.1, 0.15) is 27.7 Å². The number of anilines is 1. The lowest BCUT2D eigenvalue weighted by atomic mass is 10.1. The smallest absolute Gasteiger partial charge is 0.341 e. The van der Waals surface area contributed by atoms with Crippen molar-refractivity contribution in [1.82, 2.24) is 9.21 Å². The fourth-order valence-electron chi connectivity index (χ4n) is 3.20. The maximum absolute atomic E-state index is 12.6. The van der Waals surface area contributed by atoms with Gasteiger partial charge in [0.25, 0.3) is 10.0 Å². The first-order valence-electron chi connectivity index (χ1n) is 9.57. The third kappa shape index (κ3) is 4.92. The first-order chi connectivity index (χ1) is 14.2. The third-order valence-electron chi connectivity index (χ3n) is 4.91. The summed E-state index contributed by atoms with van der Waals surface area (Å²) in [5.74, 6) is -0.682. The van der Waals surface area contributed by atoms with Gasteiger partial charge in [0, 0.05) is 31.1 Å². The maximum atomic E-state index is 12.6. The van der Waals surface area contributed by atoms with Crippen LogP contribution in [0.15, 0.2) is 21.7 Å². The molecule has 2 aromatic rings. The number of nitrogens with zero attached hydrogens (tertiary/aromatic N) is 2. The van der Waals surface area contributed by atoms with Crippen LogP contribution in [0, 0.1) is 13.8 Å². The standard InChI is InChI=1S/C19H25N3O5S3/c1-4-27-19(24)17-13(2)14(3)29-18(17)20-15(23)12-21-7-9-22(10-8-21)30(25,26)16-6-5-11-28-16/h5-6,11H,4,7-10,12H2,1-3H3,(H,20,23). The van der Waals surface area contributed by atoms with Gasteiger partial charge in [-0.15, -0.1) is 22.7 Å². The molecule has 0 radical (unpaired) electrons. The molecule has 30 heavy (non-hydrogen) atoms. The zero-order valence-corrected chi connectivity index (χ0v) is 19.6. The van der Waals surface area contributed by atoms with E-state index in [2.05, 4.69) is 5.32 Å². The van der Waals surface area contributed by atoms with Crippen LogP contribution in [0.2, 0.25) is 0 Å². The van der Waals surface area contributed by atoms with Crippen LogP contribution in [-0.4, -0.2) is 68.8 Å². The van der Waals surface area contributed by atoms with Crippen LogP contribution in [0.4, 0.5) is 5.00 Å². The highest BCUT2D eigenvalue weighted by Crippen LogP contribution is 2.33. The van der Waals surface area contributed by atoms with Crippen LogP contribution >= 0.6 is 22.7 Å². The number of sulfonamides is 1. The van der Waals surface area contributed by atoms with E-state index in [1.54, 1.807) is 24.4 Å². The molecule has 0 aliphatic carbocycles. The predicted octanol–water partition coefficient (Wildman–Crippen LogP) is 2.55. The summed E-state index contributed by atoms with van der Waals surface area (Å²) >= 11 is 2.55. The molecule has 1 aliphatic heterocycles. The first kappa shape index (κ1) is 22.9. The number of esters is 1. The second-order valence-electron chi connectivity index (χ2n) is 6.87. The maximum Gasteiger partial charge on any atom is 0.341 e. The van der Waals surface area contributed by atoms with Gasteiger partial charge in [0.05, 0.1) is 18.7 Å². The van der Waals surface area contributed by atoms with Crippen molar-refractivity contribution in [3.05, 3.63) is 33.5 Å². The van der Waals surface area contributed by atoms with E-state index in [1.807, 2.05) is 18.7 Å². The van der Waals surface area contributed by atoms with Gasteiger partial charge in [-0.1, -0.05) is 6.07 Å². The number of ether oxygens (including phenoxy) is 1. The summed E-state index contributed by atoms with van der Waals surface area (Å²) < 4.78 is 32.1. The summed E-state index contributed by atoms with van der Waals surface area (Å²) in [5.41, 5.74) is 1.21. The number of aryl methyl sites for hydroxylation is 1. The van der Waals surface area contributed by atoms with Crippen LogP contribution < -0.4 is 5.32 Å². The van der Waals surface area contributed by atoms with E-state index in [4.69, 9.17) is 4.74 Å². The molecule has 0 spiro atoms. The summed E-state index contributed by atoms with van der Waals surface area (Å²) in [6.07, 6.45) is 0. The van der Waals surface area contributed by atoms with Crippen molar-refractivity contribution < 1.29 is 22.7 Å². The third-order valence-corrected chi connectivity index (χ3v) is 9.30. The summed E-state index contributed by atoms with van der Waals surface area (Å²) in [5, 5.41) is 5.06. The average Bonchev–Trinajstić information content (AvgIpc) is 3.32. The molecule has 1 aliphatic rings. The molecule has 1 fully saturated rings. The van der Waals surface area contributed by atoms with Crippen LogP contribution in [0.5, 0.6) is 0 Å². The van der Waals surface area contributed by atoms with Gasteiger partial charge >= 0.3 is 5.97 Å². The number of piperazine rings is 1. The monoisotopic (exact) mass is 471 g/mol. The van der Waals surface area contributed by atoms with Crippen molar-refractivity contribution in [1.29, 1.82) is 0 Å². The Morgan fingerprint density at radius 3 is 2.50 bits per heavy atom. The molecular weight excluding hydrogens is 446 g/mol. The van der Waals surface area contributed by atoms with E-state index in [-0.39, 0.29) is 19.1 Å². The lowest BCUT2D eigenvalue weighted by molar-refractivity contribution is -0.117. The van der Waals surface area contributed by atoms with E-state index < -0.39 is 16.0 Å². The Kier molecular flexibility index (Phi) is 7.30. The van der Waals surface area contributed by atoms with Crippen molar-refractivity contribution in [2.45, 2.75) is 25.0 Å². The zero-order valence-electron chi connectivity index (χ0n) is 17.1. The topological polar surface area (TPSA) is 96.0 Å². The molecule has 1 amide bonds. The SMILES string of the molecule is CCOC(=O)c1c(NC(=O)CN2CCN(S(=O)(=O)c3cccs3)CC2)sc(C)c1C. The summed E-state index contributed by atoms with van der Waals surface area (Å²) in [6.45, 7) is 7.45.